The van der Waals surface area contributed by atoms with Crippen LogP contribution in [-0.2, 0) is 16.6 Å². The number of benzene rings is 3. The summed E-state index contributed by atoms with van der Waals surface area (Å²) in [6.45, 7) is 4.35. The van der Waals surface area contributed by atoms with Crippen molar-refractivity contribution in [3.63, 3.8) is 0 Å². The van der Waals surface area contributed by atoms with Crippen molar-refractivity contribution < 1.29 is 13.2 Å². The average Bonchev–Trinajstić information content (AvgIpc) is 3.58. The summed E-state index contributed by atoms with van der Waals surface area (Å²) in [6.07, 6.45) is 1.83. The quantitative estimate of drug-likeness (QED) is 0.256. The van der Waals surface area contributed by atoms with E-state index in [2.05, 4.69) is 9.95 Å². The van der Waals surface area contributed by atoms with Crippen LogP contribution in [0.15, 0.2) is 88.1 Å². The molecule has 9 heteroatoms. The van der Waals surface area contributed by atoms with Crippen LogP contribution < -0.4 is 9.54 Å². The molecule has 0 aliphatic carbocycles. The van der Waals surface area contributed by atoms with Crippen molar-refractivity contribution in [1.82, 2.24) is 8.87 Å². The zero-order valence-corrected chi connectivity index (χ0v) is 22.9. The van der Waals surface area contributed by atoms with E-state index in [1.54, 1.807) is 27.8 Å². The van der Waals surface area contributed by atoms with Gasteiger partial charge in [-0.05, 0) is 79.4 Å². The number of hydrogen-bond acceptors (Lipinski definition) is 5. The fraction of sp³-hybridized carbons (Fsp3) is 0.250. The predicted octanol–water partition coefficient (Wildman–Crippen LogP) is 6.33. The first kappa shape index (κ1) is 25.7. The van der Waals surface area contributed by atoms with E-state index in [9.17, 15) is 8.42 Å². The van der Waals surface area contributed by atoms with Crippen LogP contribution in [0.5, 0.6) is 5.75 Å². The monoisotopic (exact) mass is 553 g/mol. The van der Waals surface area contributed by atoms with E-state index in [-0.39, 0.29) is 0 Å². The third kappa shape index (κ3) is 5.83. The lowest BCUT2D eigenvalue weighted by molar-refractivity contribution is 0.340. The highest BCUT2D eigenvalue weighted by atomic mass is 35.5. The van der Waals surface area contributed by atoms with E-state index in [0.29, 0.717) is 36.2 Å². The molecule has 6 nitrogen and oxygen atoms in total. The Balaban J connectivity index is 1.52. The molecule has 1 aliphatic heterocycles. The Morgan fingerprint density at radius 3 is 2.27 bits per heavy atom. The summed E-state index contributed by atoms with van der Waals surface area (Å²) < 4.78 is 35.2. The summed E-state index contributed by atoms with van der Waals surface area (Å²) >= 11 is 7.65. The number of aromatic nitrogens is 1. The molecule has 1 saturated heterocycles. The minimum absolute atomic E-state index is 0.330. The second kappa shape index (κ2) is 11.2. The molecule has 37 heavy (non-hydrogen) atoms. The molecule has 3 aromatic carbocycles. The van der Waals surface area contributed by atoms with Crippen LogP contribution >= 0.6 is 22.9 Å². The molecule has 0 atom stereocenters. The van der Waals surface area contributed by atoms with Crippen molar-refractivity contribution in [2.75, 3.05) is 19.7 Å². The maximum absolute atomic E-state index is 13.0. The summed E-state index contributed by atoms with van der Waals surface area (Å²) in [7, 11) is -3.46. The normalized spacial score (nSPS) is 14.8. The van der Waals surface area contributed by atoms with Gasteiger partial charge >= 0.3 is 0 Å². The first-order chi connectivity index (χ1) is 17.9. The first-order valence-corrected chi connectivity index (χ1v) is 14.9. The van der Waals surface area contributed by atoms with Crippen LogP contribution in [-0.4, -0.2) is 37.0 Å². The highest BCUT2D eigenvalue weighted by Gasteiger charge is 2.27. The van der Waals surface area contributed by atoms with Crippen molar-refractivity contribution in [2.45, 2.75) is 31.2 Å². The zero-order chi connectivity index (χ0) is 25.8. The maximum atomic E-state index is 13.0. The van der Waals surface area contributed by atoms with E-state index < -0.39 is 10.0 Å². The Morgan fingerprint density at radius 2 is 1.62 bits per heavy atom. The van der Waals surface area contributed by atoms with Gasteiger partial charge in [0.25, 0.3) is 0 Å². The van der Waals surface area contributed by atoms with E-state index in [1.165, 1.54) is 0 Å². The average molecular weight is 554 g/mol. The summed E-state index contributed by atoms with van der Waals surface area (Å²) in [5, 5.41) is 2.75. The molecule has 0 N–H and O–H groups in total. The van der Waals surface area contributed by atoms with Gasteiger partial charge < -0.3 is 9.30 Å². The SMILES string of the molecule is CCOc1ccc(N=c2scc(-c3ccc(S(=O)(=O)N4CCCC4)cc3)n2Cc2ccc(Cl)cc2)cc1. The van der Waals surface area contributed by atoms with Gasteiger partial charge in [-0.1, -0.05) is 35.9 Å². The van der Waals surface area contributed by atoms with Crippen LogP contribution in [0.25, 0.3) is 11.3 Å². The van der Waals surface area contributed by atoms with Crippen molar-refractivity contribution >= 4 is 38.6 Å². The van der Waals surface area contributed by atoms with Crippen molar-refractivity contribution in [3.05, 3.63) is 93.6 Å². The molecule has 192 valence electrons. The molecule has 2 heterocycles. The van der Waals surface area contributed by atoms with E-state index >= 15 is 0 Å². The van der Waals surface area contributed by atoms with Crippen LogP contribution in [0.2, 0.25) is 5.02 Å². The van der Waals surface area contributed by atoms with Crippen LogP contribution in [0.3, 0.4) is 0 Å². The molecule has 1 aromatic heterocycles. The Hall–Kier alpha value is -2.91. The van der Waals surface area contributed by atoms with E-state index in [0.717, 1.165) is 45.9 Å². The molecule has 0 amide bonds. The second-order valence-corrected chi connectivity index (χ2v) is 12.0. The number of nitrogens with zero attached hydrogens (tertiary/aromatic N) is 3. The van der Waals surface area contributed by atoms with Gasteiger partial charge in [0.05, 0.1) is 29.4 Å². The van der Waals surface area contributed by atoms with Gasteiger partial charge in [0.1, 0.15) is 5.75 Å². The van der Waals surface area contributed by atoms with Crippen molar-refractivity contribution in [1.29, 1.82) is 0 Å². The van der Waals surface area contributed by atoms with E-state index in [4.69, 9.17) is 21.3 Å². The molecule has 0 radical (unpaired) electrons. The van der Waals surface area contributed by atoms with Gasteiger partial charge in [-0.15, -0.1) is 11.3 Å². The maximum Gasteiger partial charge on any atom is 0.243 e. The third-order valence-electron chi connectivity index (χ3n) is 6.28. The number of halogens is 1. The van der Waals surface area contributed by atoms with Crippen LogP contribution in [0, 0.1) is 0 Å². The third-order valence-corrected chi connectivity index (χ3v) is 9.31. The topological polar surface area (TPSA) is 63.9 Å². The van der Waals surface area contributed by atoms with Gasteiger partial charge in [0.15, 0.2) is 4.80 Å². The molecule has 4 aromatic rings. The zero-order valence-electron chi connectivity index (χ0n) is 20.5. The molecular formula is C28H28ClN3O3S2. The Morgan fingerprint density at radius 1 is 0.946 bits per heavy atom. The molecule has 0 unspecified atom stereocenters. The largest absolute Gasteiger partial charge is 0.494 e. The predicted molar refractivity (Wildman–Crippen MR) is 149 cm³/mol. The minimum atomic E-state index is -3.46. The highest BCUT2D eigenvalue weighted by molar-refractivity contribution is 7.89. The lowest BCUT2D eigenvalue weighted by atomic mass is 10.1. The van der Waals surface area contributed by atoms with Gasteiger partial charge in [0, 0.05) is 23.5 Å². The summed E-state index contributed by atoms with van der Waals surface area (Å²) in [5.41, 5.74) is 3.81. The Labute approximate surface area is 226 Å². The number of rotatable bonds is 8. The lowest BCUT2D eigenvalue weighted by Crippen LogP contribution is -2.27. The van der Waals surface area contributed by atoms with Crippen molar-refractivity contribution in [2.24, 2.45) is 4.99 Å². The summed E-state index contributed by atoms with van der Waals surface area (Å²) in [4.78, 5) is 6.08. The fourth-order valence-corrected chi connectivity index (χ4v) is 6.92. The molecule has 0 saturated carbocycles. The van der Waals surface area contributed by atoms with Crippen LogP contribution in [0.1, 0.15) is 25.3 Å². The molecule has 5 rings (SSSR count). The fourth-order valence-electron chi connectivity index (χ4n) is 4.34. The van der Waals surface area contributed by atoms with E-state index in [1.807, 2.05) is 67.6 Å². The molecule has 1 aliphatic rings. The highest BCUT2D eigenvalue weighted by Crippen LogP contribution is 2.27. The van der Waals surface area contributed by atoms with Gasteiger partial charge in [-0.3, -0.25) is 0 Å². The molecule has 0 spiro atoms. The van der Waals surface area contributed by atoms with Gasteiger partial charge in [-0.2, -0.15) is 4.31 Å². The Bertz CT molecular complexity index is 1520. The summed E-state index contributed by atoms with van der Waals surface area (Å²) in [6, 6.07) is 22.6. The minimum Gasteiger partial charge on any atom is -0.494 e. The van der Waals surface area contributed by atoms with Gasteiger partial charge in [-0.25, -0.2) is 13.4 Å². The number of sulfonamides is 1. The van der Waals surface area contributed by atoms with Crippen molar-refractivity contribution in [3.8, 4) is 17.0 Å². The molecule has 0 bridgehead atoms. The second-order valence-electron chi connectivity index (χ2n) is 8.79. The summed E-state index contributed by atoms with van der Waals surface area (Å²) in [5.74, 6) is 0.811. The van der Waals surface area contributed by atoms with Crippen LogP contribution in [0.4, 0.5) is 5.69 Å². The van der Waals surface area contributed by atoms with Gasteiger partial charge in [0.2, 0.25) is 10.0 Å². The number of hydrogen-bond donors (Lipinski definition) is 0. The molecular weight excluding hydrogens is 526 g/mol. The standard InChI is InChI=1S/C28H28ClN3O3S2/c1-2-35-25-13-11-24(12-14-25)30-28-32(19-21-5-9-23(29)10-6-21)27(20-36-28)22-7-15-26(16-8-22)37(33,34)31-17-3-4-18-31/h5-16,20H,2-4,17-19H2,1H3. The number of thiazole rings is 1. The first-order valence-electron chi connectivity index (χ1n) is 12.2. The Kier molecular flexibility index (Phi) is 7.81. The number of ether oxygens (including phenoxy) is 1. The smallest absolute Gasteiger partial charge is 0.243 e. The lowest BCUT2D eigenvalue weighted by Gasteiger charge is -2.16. The molecule has 1 fully saturated rings.